The van der Waals surface area contributed by atoms with Gasteiger partial charge in [-0.25, -0.2) is 9.48 Å². The lowest BCUT2D eigenvalue weighted by Crippen LogP contribution is -2.11. The van der Waals surface area contributed by atoms with Crippen molar-refractivity contribution in [3.63, 3.8) is 0 Å². The van der Waals surface area contributed by atoms with Crippen molar-refractivity contribution in [3.8, 4) is 0 Å². The number of carbonyl (C=O) groups excluding carboxylic acids is 1. The van der Waals surface area contributed by atoms with Crippen LogP contribution in [0.2, 0.25) is 0 Å². The Morgan fingerprint density at radius 3 is 2.76 bits per heavy atom. The molecule has 0 bridgehead atoms. The summed E-state index contributed by atoms with van der Waals surface area (Å²) < 4.78 is 12.0. The Balaban J connectivity index is 1.94. The van der Waals surface area contributed by atoms with Crippen LogP contribution in [0.3, 0.4) is 0 Å². The highest BCUT2D eigenvalue weighted by molar-refractivity contribution is 5.88. The maximum absolute atomic E-state index is 12.0. The number of aromatic nitrogens is 4. The van der Waals surface area contributed by atoms with Gasteiger partial charge in [-0.05, 0) is 33.6 Å². The van der Waals surface area contributed by atoms with E-state index >= 15 is 0 Å². The van der Waals surface area contributed by atoms with Gasteiger partial charge in [0, 0.05) is 11.5 Å². The normalized spacial score (nSPS) is 14.4. The summed E-state index contributed by atoms with van der Waals surface area (Å²) in [7, 11) is 0. The standard InChI is InChI=1S/C14H18N4O3/c1-4-20-14(19)12-13(10-5-6-10)18(17-15-12)7-11-8(2)16-21-9(11)3/h10H,4-7H2,1-3H3. The van der Waals surface area contributed by atoms with E-state index in [1.165, 1.54) is 0 Å². The maximum atomic E-state index is 12.0. The summed E-state index contributed by atoms with van der Waals surface area (Å²) in [4.78, 5) is 12.0. The number of hydrogen-bond acceptors (Lipinski definition) is 6. The minimum Gasteiger partial charge on any atom is -0.461 e. The van der Waals surface area contributed by atoms with Crippen LogP contribution in [-0.2, 0) is 11.3 Å². The summed E-state index contributed by atoms with van der Waals surface area (Å²) >= 11 is 0. The van der Waals surface area contributed by atoms with Gasteiger partial charge in [-0.3, -0.25) is 0 Å². The molecule has 0 unspecified atom stereocenters. The molecule has 1 fully saturated rings. The number of esters is 1. The summed E-state index contributed by atoms with van der Waals surface area (Å²) in [5.41, 5.74) is 3.03. The third-order valence-electron chi connectivity index (χ3n) is 3.70. The van der Waals surface area contributed by atoms with Gasteiger partial charge in [0.2, 0.25) is 0 Å². The van der Waals surface area contributed by atoms with Crippen LogP contribution in [-0.4, -0.2) is 32.7 Å². The second-order valence-electron chi connectivity index (χ2n) is 5.28. The number of aryl methyl sites for hydroxylation is 2. The average Bonchev–Trinajstić information content (AvgIpc) is 3.14. The molecule has 2 heterocycles. The van der Waals surface area contributed by atoms with Crippen LogP contribution in [0.1, 0.15) is 58.9 Å². The highest BCUT2D eigenvalue weighted by Crippen LogP contribution is 2.41. The van der Waals surface area contributed by atoms with Gasteiger partial charge in [0.05, 0.1) is 24.5 Å². The van der Waals surface area contributed by atoms with Crippen molar-refractivity contribution in [2.75, 3.05) is 6.61 Å². The highest BCUT2D eigenvalue weighted by atomic mass is 16.5. The molecular formula is C14H18N4O3. The van der Waals surface area contributed by atoms with Gasteiger partial charge in [0.25, 0.3) is 0 Å². The molecule has 0 spiro atoms. The summed E-state index contributed by atoms with van der Waals surface area (Å²) in [5, 5.41) is 12.1. The predicted octanol–water partition coefficient (Wildman–Crippen LogP) is 1.99. The molecule has 1 aliphatic rings. The van der Waals surface area contributed by atoms with Crippen LogP contribution in [0.25, 0.3) is 0 Å². The first-order valence-corrected chi connectivity index (χ1v) is 7.14. The van der Waals surface area contributed by atoms with Crippen molar-refractivity contribution in [2.24, 2.45) is 0 Å². The predicted molar refractivity (Wildman–Crippen MR) is 73.0 cm³/mol. The van der Waals surface area contributed by atoms with Crippen LogP contribution >= 0.6 is 0 Å². The van der Waals surface area contributed by atoms with E-state index in [9.17, 15) is 4.79 Å². The zero-order valence-corrected chi connectivity index (χ0v) is 12.4. The minimum absolute atomic E-state index is 0.333. The van der Waals surface area contributed by atoms with E-state index in [0.717, 1.165) is 35.6 Å². The Hall–Kier alpha value is -2.18. The molecule has 2 aromatic rings. The molecule has 1 saturated carbocycles. The monoisotopic (exact) mass is 290 g/mol. The minimum atomic E-state index is -0.399. The fraction of sp³-hybridized carbons (Fsp3) is 0.571. The smallest absolute Gasteiger partial charge is 0.360 e. The van der Waals surface area contributed by atoms with E-state index in [2.05, 4.69) is 15.5 Å². The van der Waals surface area contributed by atoms with Crippen LogP contribution in [0, 0.1) is 13.8 Å². The summed E-state index contributed by atoms with van der Waals surface area (Å²) in [6.45, 7) is 6.39. The maximum Gasteiger partial charge on any atom is 0.360 e. The van der Waals surface area contributed by atoms with Crippen molar-refractivity contribution in [1.29, 1.82) is 0 Å². The van der Waals surface area contributed by atoms with Gasteiger partial charge in [-0.15, -0.1) is 5.10 Å². The van der Waals surface area contributed by atoms with Crippen LogP contribution in [0.5, 0.6) is 0 Å². The molecule has 0 aromatic carbocycles. The Labute approximate surface area is 122 Å². The summed E-state index contributed by atoms with van der Waals surface area (Å²) in [5.74, 6) is 0.715. The Morgan fingerprint density at radius 2 is 2.19 bits per heavy atom. The number of hydrogen-bond donors (Lipinski definition) is 0. The molecule has 0 atom stereocenters. The topological polar surface area (TPSA) is 83.0 Å². The third-order valence-corrected chi connectivity index (χ3v) is 3.70. The average molecular weight is 290 g/mol. The lowest BCUT2D eigenvalue weighted by Gasteiger charge is -2.06. The first-order valence-electron chi connectivity index (χ1n) is 7.14. The van der Waals surface area contributed by atoms with Crippen molar-refractivity contribution >= 4 is 5.97 Å². The third kappa shape index (κ3) is 2.55. The molecule has 0 saturated heterocycles. The van der Waals surface area contributed by atoms with E-state index in [1.807, 2.05) is 13.8 Å². The molecule has 0 N–H and O–H groups in total. The van der Waals surface area contributed by atoms with E-state index in [4.69, 9.17) is 9.26 Å². The molecule has 0 radical (unpaired) electrons. The lowest BCUT2D eigenvalue weighted by atomic mass is 10.2. The van der Waals surface area contributed by atoms with Gasteiger partial charge in [0.1, 0.15) is 5.76 Å². The first-order chi connectivity index (χ1) is 10.1. The molecule has 7 nitrogen and oxygen atoms in total. The number of nitrogens with zero attached hydrogens (tertiary/aromatic N) is 4. The Bertz CT molecular complexity index is 650. The number of ether oxygens (including phenoxy) is 1. The zero-order chi connectivity index (χ0) is 15.0. The van der Waals surface area contributed by atoms with Crippen molar-refractivity contribution in [3.05, 3.63) is 28.4 Å². The summed E-state index contributed by atoms with van der Waals surface area (Å²) in [6, 6.07) is 0. The van der Waals surface area contributed by atoms with Crippen molar-refractivity contribution in [2.45, 2.75) is 46.1 Å². The van der Waals surface area contributed by atoms with E-state index in [-0.39, 0.29) is 0 Å². The first kappa shape index (κ1) is 13.8. The molecule has 0 amide bonds. The van der Waals surface area contributed by atoms with E-state index in [0.29, 0.717) is 24.8 Å². The van der Waals surface area contributed by atoms with Crippen LogP contribution in [0.15, 0.2) is 4.52 Å². The van der Waals surface area contributed by atoms with Crippen molar-refractivity contribution < 1.29 is 14.1 Å². The molecular weight excluding hydrogens is 272 g/mol. The SMILES string of the molecule is CCOC(=O)c1nnn(Cc2c(C)noc2C)c1C1CC1. The molecule has 3 rings (SSSR count). The molecule has 21 heavy (non-hydrogen) atoms. The van der Waals surface area contributed by atoms with Gasteiger partial charge in [0.15, 0.2) is 5.69 Å². The molecule has 1 aliphatic carbocycles. The van der Waals surface area contributed by atoms with E-state index in [1.54, 1.807) is 11.6 Å². The highest BCUT2D eigenvalue weighted by Gasteiger charge is 2.34. The second kappa shape index (κ2) is 5.31. The summed E-state index contributed by atoms with van der Waals surface area (Å²) in [6.07, 6.45) is 2.11. The fourth-order valence-corrected chi connectivity index (χ4v) is 2.42. The largest absolute Gasteiger partial charge is 0.461 e. The van der Waals surface area contributed by atoms with Crippen LogP contribution in [0.4, 0.5) is 0 Å². The molecule has 2 aromatic heterocycles. The van der Waals surface area contributed by atoms with Gasteiger partial charge >= 0.3 is 5.97 Å². The molecule has 0 aliphatic heterocycles. The molecule has 7 heteroatoms. The quantitative estimate of drug-likeness (QED) is 0.783. The molecule has 112 valence electrons. The van der Waals surface area contributed by atoms with E-state index < -0.39 is 5.97 Å². The van der Waals surface area contributed by atoms with Crippen LogP contribution < -0.4 is 0 Å². The zero-order valence-electron chi connectivity index (χ0n) is 12.4. The van der Waals surface area contributed by atoms with Gasteiger partial charge < -0.3 is 9.26 Å². The second-order valence-corrected chi connectivity index (χ2v) is 5.28. The number of rotatable bonds is 5. The Morgan fingerprint density at radius 1 is 1.43 bits per heavy atom. The fourth-order valence-electron chi connectivity index (χ4n) is 2.42. The number of carbonyl (C=O) groups is 1. The van der Waals surface area contributed by atoms with Gasteiger partial charge in [-0.1, -0.05) is 10.4 Å². The Kier molecular flexibility index (Phi) is 3.48. The van der Waals surface area contributed by atoms with Crippen molar-refractivity contribution in [1.82, 2.24) is 20.2 Å². The lowest BCUT2D eigenvalue weighted by molar-refractivity contribution is 0.0518. The van der Waals surface area contributed by atoms with Gasteiger partial charge in [-0.2, -0.15) is 0 Å².